The molecule has 19 heavy (non-hydrogen) atoms. The summed E-state index contributed by atoms with van der Waals surface area (Å²) in [5, 5.41) is 11.4. The number of rotatable bonds is 4. The lowest BCUT2D eigenvalue weighted by Crippen LogP contribution is -2.27. The second-order valence-corrected chi connectivity index (χ2v) is 5.76. The number of nitrogens with zero attached hydrogens (tertiary/aromatic N) is 1. The van der Waals surface area contributed by atoms with E-state index in [0.29, 0.717) is 5.13 Å². The number of ether oxygens (including phenoxy) is 1. The molecule has 0 aliphatic carbocycles. The van der Waals surface area contributed by atoms with Gasteiger partial charge < -0.3 is 9.84 Å². The van der Waals surface area contributed by atoms with Crippen LogP contribution in [0.3, 0.4) is 0 Å². The zero-order valence-corrected chi connectivity index (χ0v) is 11.8. The van der Waals surface area contributed by atoms with Crippen molar-refractivity contribution in [1.29, 1.82) is 0 Å². The Hall–Kier alpha value is -1.89. The van der Waals surface area contributed by atoms with Gasteiger partial charge in [-0.25, -0.2) is 9.78 Å². The van der Waals surface area contributed by atoms with Crippen LogP contribution >= 0.6 is 11.3 Å². The van der Waals surface area contributed by atoms with Crippen molar-refractivity contribution in [2.45, 2.75) is 32.8 Å². The predicted octanol–water partition coefficient (Wildman–Crippen LogP) is 2.98. The highest BCUT2D eigenvalue weighted by molar-refractivity contribution is 7.16. The first-order valence-corrected chi connectivity index (χ1v) is 6.42. The van der Waals surface area contributed by atoms with Crippen molar-refractivity contribution in [2.24, 2.45) is 0 Å². The molecule has 0 fully saturated rings. The van der Waals surface area contributed by atoms with Crippen LogP contribution in [0.1, 0.15) is 32.1 Å². The van der Waals surface area contributed by atoms with Crippen LogP contribution in [0.25, 0.3) is 6.08 Å². The molecule has 1 aromatic heterocycles. The lowest BCUT2D eigenvalue weighted by molar-refractivity contribution is -0.135. The number of carboxylic acid groups (broad SMARTS) is 1. The van der Waals surface area contributed by atoms with Crippen molar-refractivity contribution in [3.8, 4) is 0 Å². The monoisotopic (exact) mass is 284 g/mol. The topological polar surface area (TPSA) is 88.5 Å². The summed E-state index contributed by atoms with van der Waals surface area (Å²) in [5.41, 5.74) is -0.564. The van der Waals surface area contributed by atoms with Crippen molar-refractivity contribution >= 4 is 34.6 Å². The number of hydrogen-bond acceptors (Lipinski definition) is 5. The molecule has 0 bridgehead atoms. The number of carboxylic acids is 1. The molecule has 104 valence electrons. The molecular weight excluding hydrogens is 268 g/mol. The normalized spacial score (nSPS) is 11.5. The van der Waals surface area contributed by atoms with Crippen LogP contribution in [0.5, 0.6) is 0 Å². The Morgan fingerprint density at radius 2 is 2.21 bits per heavy atom. The Morgan fingerprint density at radius 3 is 2.79 bits per heavy atom. The van der Waals surface area contributed by atoms with Gasteiger partial charge in [0, 0.05) is 11.1 Å². The van der Waals surface area contributed by atoms with Gasteiger partial charge in [-0.05, 0) is 26.8 Å². The molecule has 1 heterocycles. The van der Waals surface area contributed by atoms with Gasteiger partial charge in [0.1, 0.15) is 5.60 Å². The first-order chi connectivity index (χ1) is 8.76. The highest BCUT2D eigenvalue weighted by atomic mass is 32.1. The average Bonchev–Trinajstić information content (AvgIpc) is 2.61. The average molecular weight is 284 g/mol. The molecule has 6 nitrogen and oxygen atoms in total. The maximum absolute atomic E-state index is 11.5. The van der Waals surface area contributed by atoms with Gasteiger partial charge >= 0.3 is 12.1 Å². The first kappa shape index (κ1) is 15.2. The fraction of sp³-hybridized carbons (Fsp3) is 0.417. The van der Waals surface area contributed by atoms with Gasteiger partial charge in [0.25, 0.3) is 0 Å². The third-order valence-corrected chi connectivity index (χ3v) is 2.58. The Labute approximate surface area is 115 Å². The van der Waals surface area contributed by atoms with E-state index >= 15 is 0 Å². The standard InChI is InChI=1S/C12H16N2O4S/c1-12(2,3)18-11(17)14-10-13-7-8(19-10)5-4-6-9(15)16/h4-5,7H,6H2,1-3H3,(H,15,16)(H,13,14,17). The Balaban J connectivity index is 2.53. The molecular formula is C12H16N2O4S. The van der Waals surface area contributed by atoms with E-state index in [0.717, 1.165) is 4.88 Å². The van der Waals surface area contributed by atoms with E-state index in [1.54, 1.807) is 33.0 Å². The lowest BCUT2D eigenvalue weighted by Gasteiger charge is -2.18. The molecule has 1 rings (SSSR count). The number of hydrogen-bond donors (Lipinski definition) is 2. The van der Waals surface area contributed by atoms with Crippen molar-refractivity contribution in [1.82, 2.24) is 4.98 Å². The number of amides is 1. The van der Waals surface area contributed by atoms with Crippen LogP contribution in [0.4, 0.5) is 9.93 Å². The minimum absolute atomic E-state index is 0.0489. The van der Waals surface area contributed by atoms with Gasteiger partial charge in [-0.3, -0.25) is 10.1 Å². The molecule has 1 amide bonds. The highest BCUT2D eigenvalue weighted by Gasteiger charge is 2.16. The van der Waals surface area contributed by atoms with Gasteiger partial charge in [0.2, 0.25) is 0 Å². The third kappa shape index (κ3) is 6.56. The summed E-state index contributed by atoms with van der Waals surface area (Å²) < 4.78 is 5.08. The number of aromatic nitrogens is 1. The van der Waals surface area contributed by atoms with Crippen LogP contribution in [0, 0.1) is 0 Å². The fourth-order valence-electron chi connectivity index (χ4n) is 1.09. The van der Waals surface area contributed by atoms with E-state index in [4.69, 9.17) is 9.84 Å². The van der Waals surface area contributed by atoms with E-state index in [2.05, 4.69) is 10.3 Å². The van der Waals surface area contributed by atoms with Gasteiger partial charge in [-0.2, -0.15) is 0 Å². The van der Waals surface area contributed by atoms with Crippen LogP contribution < -0.4 is 5.32 Å². The third-order valence-electron chi connectivity index (χ3n) is 1.71. The van der Waals surface area contributed by atoms with E-state index in [1.807, 2.05) is 0 Å². The summed E-state index contributed by atoms with van der Waals surface area (Å²) in [6.07, 6.45) is 4.10. The number of carbonyl (C=O) groups excluding carboxylic acids is 1. The second kappa shape index (κ2) is 6.33. The minimum Gasteiger partial charge on any atom is -0.481 e. The van der Waals surface area contributed by atoms with Crippen LogP contribution in [0.15, 0.2) is 12.3 Å². The molecule has 0 aliphatic heterocycles. The van der Waals surface area contributed by atoms with Crippen molar-refractivity contribution in [2.75, 3.05) is 5.32 Å². The van der Waals surface area contributed by atoms with Gasteiger partial charge in [-0.1, -0.05) is 17.4 Å². The molecule has 7 heteroatoms. The SMILES string of the molecule is CC(C)(C)OC(=O)Nc1ncc(C=CCC(=O)O)s1. The number of nitrogens with one attached hydrogen (secondary N) is 1. The summed E-state index contributed by atoms with van der Waals surface area (Å²) in [4.78, 5) is 26.6. The predicted molar refractivity (Wildman–Crippen MR) is 73.3 cm³/mol. The van der Waals surface area contributed by atoms with Crippen molar-refractivity contribution in [3.63, 3.8) is 0 Å². The number of anilines is 1. The second-order valence-electron chi connectivity index (χ2n) is 4.69. The number of thiazole rings is 1. The zero-order valence-electron chi connectivity index (χ0n) is 11.0. The maximum atomic E-state index is 11.5. The zero-order chi connectivity index (χ0) is 14.5. The van der Waals surface area contributed by atoms with Gasteiger partial charge in [0.15, 0.2) is 5.13 Å². The fourth-order valence-corrected chi connectivity index (χ4v) is 1.82. The minimum atomic E-state index is -0.895. The number of aliphatic carboxylic acids is 1. The largest absolute Gasteiger partial charge is 0.481 e. The summed E-state index contributed by atoms with van der Waals surface area (Å²) in [7, 11) is 0. The summed E-state index contributed by atoms with van der Waals surface area (Å²) in [6, 6.07) is 0. The molecule has 2 N–H and O–H groups in total. The van der Waals surface area contributed by atoms with Crippen LogP contribution in [-0.2, 0) is 9.53 Å². The maximum Gasteiger partial charge on any atom is 0.413 e. The summed E-state index contributed by atoms with van der Waals surface area (Å²) in [6.45, 7) is 5.32. The highest BCUT2D eigenvalue weighted by Crippen LogP contribution is 2.20. The lowest BCUT2D eigenvalue weighted by atomic mass is 10.2. The van der Waals surface area contributed by atoms with E-state index in [1.165, 1.54) is 17.4 Å². The van der Waals surface area contributed by atoms with Crippen molar-refractivity contribution in [3.05, 3.63) is 17.2 Å². The molecule has 0 aliphatic rings. The Kier molecular flexibility index (Phi) is 5.05. The molecule has 0 saturated heterocycles. The van der Waals surface area contributed by atoms with E-state index < -0.39 is 17.7 Å². The molecule has 1 aromatic rings. The van der Waals surface area contributed by atoms with Gasteiger partial charge in [0.05, 0.1) is 6.42 Å². The molecule has 0 spiro atoms. The van der Waals surface area contributed by atoms with Gasteiger partial charge in [-0.15, -0.1) is 0 Å². The molecule has 0 aromatic carbocycles. The van der Waals surface area contributed by atoms with Crippen LogP contribution in [0.2, 0.25) is 0 Å². The van der Waals surface area contributed by atoms with Crippen molar-refractivity contribution < 1.29 is 19.4 Å². The Morgan fingerprint density at radius 1 is 1.53 bits per heavy atom. The van der Waals surface area contributed by atoms with E-state index in [-0.39, 0.29) is 6.42 Å². The number of carbonyl (C=O) groups is 2. The smallest absolute Gasteiger partial charge is 0.413 e. The molecule has 0 saturated carbocycles. The molecule has 0 unspecified atom stereocenters. The molecule has 0 atom stereocenters. The van der Waals surface area contributed by atoms with E-state index in [9.17, 15) is 9.59 Å². The Bertz CT molecular complexity index is 488. The quantitative estimate of drug-likeness (QED) is 0.887. The first-order valence-electron chi connectivity index (χ1n) is 5.60. The van der Waals surface area contributed by atoms with Crippen LogP contribution in [-0.4, -0.2) is 27.8 Å². The summed E-state index contributed by atoms with van der Waals surface area (Å²) in [5.74, 6) is -0.895. The molecule has 0 radical (unpaired) electrons. The summed E-state index contributed by atoms with van der Waals surface area (Å²) >= 11 is 1.24.